The van der Waals surface area contributed by atoms with Crippen LogP contribution < -0.4 is 19.7 Å². The van der Waals surface area contributed by atoms with Gasteiger partial charge in [-0.3, -0.25) is 9.59 Å². The van der Waals surface area contributed by atoms with Crippen molar-refractivity contribution in [2.75, 3.05) is 51.3 Å². The average Bonchev–Trinajstić information content (AvgIpc) is 2.76. The van der Waals surface area contributed by atoms with Gasteiger partial charge in [-0.1, -0.05) is 12.1 Å². The van der Waals surface area contributed by atoms with E-state index in [-0.39, 0.29) is 13.2 Å². The summed E-state index contributed by atoms with van der Waals surface area (Å²) in [4.78, 5) is 28.4. The fourth-order valence-corrected chi connectivity index (χ4v) is 3.22. The molecule has 0 aromatic heterocycles. The van der Waals surface area contributed by atoms with E-state index in [4.69, 9.17) is 9.47 Å². The molecular formula is C22H27N3O4. The van der Waals surface area contributed by atoms with Gasteiger partial charge in [0, 0.05) is 31.9 Å². The topological polar surface area (TPSA) is 71.1 Å². The van der Waals surface area contributed by atoms with E-state index in [1.807, 2.05) is 6.07 Å². The molecule has 1 N–H and O–H groups in total. The lowest BCUT2D eigenvalue weighted by Gasteiger charge is -2.35. The number of carbonyl (C=O) groups is 2. The quantitative estimate of drug-likeness (QED) is 0.595. The summed E-state index contributed by atoms with van der Waals surface area (Å²) in [5.74, 6) is 0.350. The third kappa shape index (κ3) is 5.63. The van der Waals surface area contributed by atoms with E-state index in [2.05, 4.69) is 35.3 Å². The van der Waals surface area contributed by atoms with Crippen LogP contribution in [0.1, 0.15) is 5.56 Å². The Morgan fingerprint density at radius 3 is 2.34 bits per heavy atom. The van der Waals surface area contributed by atoms with Gasteiger partial charge < -0.3 is 24.6 Å². The monoisotopic (exact) mass is 397 g/mol. The normalized spacial score (nSPS) is 13.7. The van der Waals surface area contributed by atoms with Crippen molar-refractivity contribution in [2.45, 2.75) is 6.92 Å². The molecule has 1 saturated heterocycles. The summed E-state index contributed by atoms with van der Waals surface area (Å²) < 4.78 is 10.6. The van der Waals surface area contributed by atoms with Crippen LogP contribution in [-0.2, 0) is 9.59 Å². The molecule has 1 aliphatic rings. The first-order valence-corrected chi connectivity index (χ1v) is 9.72. The second kappa shape index (κ2) is 9.82. The maximum atomic E-state index is 12.4. The van der Waals surface area contributed by atoms with Crippen molar-refractivity contribution in [1.82, 2.24) is 10.2 Å². The minimum Gasteiger partial charge on any atom is -0.497 e. The molecule has 3 rings (SSSR count). The van der Waals surface area contributed by atoms with E-state index < -0.39 is 11.8 Å². The van der Waals surface area contributed by atoms with Crippen LogP contribution in [0.4, 0.5) is 5.69 Å². The lowest BCUT2D eigenvalue weighted by molar-refractivity contribution is -0.146. The number of piperazine rings is 1. The lowest BCUT2D eigenvalue weighted by atomic mass is 10.2. The zero-order valence-electron chi connectivity index (χ0n) is 16.9. The number of anilines is 1. The molecule has 0 radical (unpaired) electrons. The standard InChI is InChI=1S/C22H27N3O4/c1-17-4-3-5-18(16-17)24-11-13-25(14-12-24)22(27)21(26)23-10-15-29-20-8-6-19(28-2)7-9-20/h3-9,16H,10-15H2,1-2H3,(H,23,26). The van der Waals surface area contributed by atoms with Crippen molar-refractivity contribution in [2.24, 2.45) is 0 Å². The number of ether oxygens (including phenoxy) is 2. The zero-order valence-corrected chi connectivity index (χ0v) is 16.9. The number of nitrogens with one attached hydrogen (secondary N) is 1. The van der Waals surface area contributed by atoms with Gasteiger partial charge in [0.1, 0.15) is 18.1 Å². The molecule has 0 unspecified atom stereocenters. The summed E-state index contributed by atoms with van der Waals surface area (Å²) in [6, 6.07) is 15.5. The van der Waals surface area contributed by atoms with Crippen LogP contribution in [0.25, 0.3) is 0 Å². The predicted molar refractivity (Wildman–Crippen MR) is 111 cm³/mol. The maximum Gasteiger partial charge on any atom is 0.312 e. The number of carbonyl (C=O) groups excluding carboxylic acids is 2. The number of benzene rings is 2. The van der Waals surface area contributed by atoms with E-state index in [0.29, 0.717) is 31.9 Å². The molecule has 0 saturated carbocycles. The van der Waals surface area contributed by atoms with Crippen LogP contribution >= 0.6 is 0 Å². The third-order valence-electron chi connectivity index (χ3n) is 4.84. The summed E-state index contributed by atoms with van der Waals surface area (Å²) in [7, 11) is 1.60. The van der Waals surface area contributed by atoms with E-state index in [1.54, 1.807) is 36.3 Å². The third-order valence-corrected chi connectivity index (χ3v) is 4.84. The number of nitrogens with zero attached hydrogens (tertiary/aromatic N) is 2. The number of rotatable bonds is 6. The smallest absolute Gasteiger partial charge is 0.312 e. The van der Waals surface area contributed by atoms with Crippen molar-refractivity contribution in [3.05, 3.63) is 54.1 Å². The van der Waals surface area contributed by atoms with E-state index in [0.717, 1.165) is 11.4 Å². The summed E-state index contributed by atoms with van der Waals surface area (Å²) in [5, 5.41) is 2.63. The minimum atomic E-state index is -0.590. The van der Waals surface area contributed by atoms with Crippen molar-refractivity contribution in [3.63, 3.8) is 0 Å². The van der Waals surface area contributed by atoms with Crippen molar-refractivity contribution in [1.29, 1.82) is 0 Å². The number of amides is 2. The van der Waals surface area contributed by atoms with Gasteiger partial charge in [0.05, 0.1) is 13.7 Å². The van der Waals surface area contributed by atoms with Gasteiger partial charge in [0.15, 0.2) is 0 Å². The predicted octanol–water partition coefficient (Wildman–Crippen LogP) is 1.85. The highest BCUT2D eigenvalue weighted by molar-refractivity contribution is 6.35. The van der Waals surface area contributed by atoms with Gasteiger partial charge in [-0.05, 0) is 48.9 Å². The zero-order chi connectivity index (χ0) is 20.6. The summed E-state index contributed by atoms with van der Waals surface area (Å²) in [5.41, 5.74) is 2.36. The molecule has 1 aliphatic heterocycles. The molecule has 29 heavy (non-hydrogen) atoms. The SMILES string of the molecule is COc1ccc(OCCNC(=O)C(=O)N2CCN(c3cccc(C)c3)CC2)cc1. The van der Waals surface area contributed by atoms with Gasteiger partial charge in [-0.2, -0.15) is 0 Å². The Morgan fingerprint density at radius 1 is 1.00 bits per heavy atom. The van der Waals surface area contributed by atoms with Crippen LogP contribution in [-0.4, -0.2) is 63.2 Å². The summed E-state index contributed by atoms with van der Waals surface area (Å²) in [6.45, 7) is 5.09. The first-order valence-electron chi connectivity index (χ1n) is 9.72. The molecule has 0 atom stereocenters. The van der Waals surface area contributed by atoms with Crippen LogP contribution in [0.5, 0.6) is 11.5 Å². The summed E-state index contributed by atoms with van der Waals surface area (Å²) >= 11 is 0. The molecule has 7 heteroatoms. The van der Waals surface area contributed by atoms with Crippen LogP contribution in [0.3, 0.4) is 0 Å². The van der Waals surface area contributed by atoms with Crippen LogP contribution in [0.2, 0.25) is 0 Å². The highest BCUT2D eigenvalue weighted by atomic mass is 16.5. The Balaban J connectivity index is 1.38. The molecule has 1 fully saturated rings. The minimum absolute atomic E-state index is 0.264. The largest absolute Gasteiger partial charge is 0.497 e. The Kier molecular flexibility index (Phi) is 6.94. The van der Waals surface area contributed by atoms with Gasteiger partial charge >= 0.3 is 11.8 Å². The highest BCUT2D eigenvalue weighted by Crippen LogP contribution is 2.18. The van der Waals surface area contributed by atoms with E-state index in [1.165, 1.54) is 5.56 Å². The van der Waals surface area contributed by atoms with Gasteiger partial charge in [-0.25, -0.2) is 0 Å². The van der Waals surface area contributed by atoms with Gasteiger partial charge in [0.2, 0.25) is 0 Å². The van der Waals surface area contributed by atoms with Gasteiger partial charge in [-0.15, -0.1) is 0 Å². The lowest BCUT2D eigenvalue weighted by Crippen LogP contribution is -2.53. The molecule has 0 spiro atoms. The van der Waals surface area contributed by atoms with Crippen LogP contribution in [0.15, 0.2) is 48.5 Å². The number of hydrogen-bond donors (Lipinski definition) is 1. The number of aryl methyl sites for hydroxylation is 1. The first-order chi connectivity index (χ1) is 14.1. The highest BCUT2D eigenvalue weighted by Gasteiger charge is 2.25. The molecule has 2 aromatic carbocycles. The molecule has 1 heterocycles. The second-order valence-corrected chi connectivity index (χ2v) is 6.90. The fraction of sp³-hybridized carbons (Fsp3) is 0.364. The fourth-order valence-electron chi connectivity index (χ4n) is 3.22. The Labute approximate surface area is 171 Å². The Bertz CT molecular complexity index is 830. The van der Waals surface area contributed by atoms with Crippen molar-refractivity contribution < 1.29 is 19.1 Å². The van der Waals surface area contributed by atoms with Crippen molar-refractivity contribution in [3.8, 4) is 11.5 Å². The van der Waals surface area contributed by atoms with Crippen LogP contribution in [0, 0.1) is 6.92 Å². The number of hydrogen-bond acceptors (Lipinski definition) is 5. The molecule has 0 aliphatic carbocycles. The number of methoxy groups -OCH3 is 1. The molecule has 2 aromatic rings. The molecule has 0 bridgehead atoms. The molecule has 2 amide bonds. The molecule has 7 nitrogen and oxygen atoms in total. The Morgan fingerprint density at radius 2 is 1.69 bits per heavy atom. The first kappa shape index (κ1) is 20.5. The second-order valence-electron chi connectivity index (χ2n) is 6.90. The summed E-state index contributed by atoms with van der Waals surface area (Å²) in [6.07, 6.45) is 0. The van der Waals surface area contributed by atoms with Crippen molar-refractivity contribution >= 4 is 17.5 Å². The molecule has 154 valence electrons. The average molecular weight is 397 g/mol. The molecular weight excluding hydrogens is 370 g/mol. The van der Waals surface area contributed by atoms with Gasteiger partial charge in [0.25, 0.3) is 0 Å². The Hall–Kier alpha value is -3.22. The van der Waals surface area contributed by atoms with E-state index >= 15 is 0 Å². The maximum absolute atomic E-state index is 12.4. The van der Waals surface area contributed by atoms with E-state index in [9.17, 15) is 9.59 Å².